The first-order valence-corrected chi connectivity index (χ1v) is 7.68. The minimum absolute atomic E-state index is 0.163. The van der Waals surface area contributed by atoms with E-state index in [9.17, 15) is 4.79 Å². The van der Waals surface area contributed by atoms with Crippen LogP contribution in [0.2, 0.25) is 0 Å². The third-order valence-electron chi connectivity index (χ3n) is 3.73. The molecule has 1 aliphatic rings. The first-order valence-electron chi connectivity index (χ1n) is 7.68. The number of rotatable bonds is 4. The van der Waals surface area contributed by atoms with E-state index >= 15 is 0 Å². The third kappa shape index (κ3) is 3.31. The fourth-order valence-electron chi connectivity index (χ4n) is 2.57. The first kappa shape index (κ1) is 15.4. The molecule has 6 heteroatoms. The number of hydrogen-bond donors (Lipinski definition) is 1. The quantitative estimate of drug-likeness (QED) is 0.939. The molecule has 0 radical (unpaired) electrons. The molecule has 0 aliphatic carbocycles. The Morgan fingerprint density at radius 1 is 1.17 bits per heavy atom. The van der Waals surface area contributed by atoms with Crippen LogP contribution in [-0.2, 0) is 0 Å². The topological polar surface area (TPSA) is 73.6 Å². The highest BCUT2D eigenvalue weighted by Gasteiger charge is 2.23. The van der Waals surface area contributed by atoms with E-state index in [4.69, 9.17) is 14.0 Å². The van der Waals surface area contributed by atoms with Gasteiger partial charge in [0, 0.05) is 6.07 Å². The van der Waals surface area contributed by atoms with Crippen molar-refractivity contribution < 1.29 is 18.8 Å². The highest BCUT2D eigenvalue weighted by atomic mass is 16.6. The van der Waals surface area contributed by atoms with Gasteiger partial charge < -0.3 is 19.3 Å². The molecule has 23 heavy (non-hydrogen) atoms. The molecule has 2 heterocycles. The fourth-order valence-corrected chi connectivity index (χ4v) is 2.57. The SMILES string of the molecule is Cc1cc(C(=O)N[C@@H](c2ccc3c(c2)OCCO3)C(C)C)on1. The van der Waals surface area contributed by atoms with Crippen molar-refractivity contribution in [3.05, 3.63) is 41.3 Å². The number of nitrogens with zero attached hydrogens (tertiary/aromatic N) is 1. The van der Waals surface area contributed by atoms with Crippen molar-refractivity contribution in [1.82, 2.24) is 10.5 Å². The molecule has 1 N–H and O–H groups in total. The third-order valence-corrected chi connectivity index (χ3v) is 3.73. The van der Waals surface area contributed by atoms with Gasteiger partial charge in [0.2, 0.25) is 5.76 Å². The van der Waals surface area contributed by atoms with Crippen molar-refractivity contribution in [3.8, 4) is 11.5 Å². The average molecular weight is 316 g/mol. The molecule has 3 rings (SSSR count). The van der Waals surface area contributed by atoms with Crippen LogP contribution in [0.25, 0.3) is 0 Å². The standard InChI is InChI=1S/C17H20N2O4/c1-10(2)16(18-17(20)15-8-11(3)19-23-15)12-4-5-13-14(9-12)22-7-6-21-13/h4-5,8-10,16H,6-7H2,1-3H3,(H,18,20)/t16-/m1/s1. The van der Waals surface area contributed by atoms with E-state index in [0.29, 0.717) is 24.7 Å². The van der Waals surface area contributed by atoms with Crippen LogP contribution in [0.15, 0.2) is 28.8 Å². The highest BCUT2D eigenvalue weighted by molar-refractivity contribution is 5.91. The zero-order valence-corrected chi connectivity index (χ0v) is 13.5. The second-order valence-corrected chi connectivity index (χ2v) is 5.93. The fraction of sp³-hybridized carbons (Fsp3) is 0.412. The summed E-state index contributed by atoms with van der Waals surface area (Å²) in [4.78, 5) is 12.3. The molecule has 1 aliphatic heterocycles. The summed E-state index contributed by atoms with van der Waals surface area (Å²) >= 11 is 0. The van der Waals surface area contributed by atoms with Crippen molar-refractivity contribution in [1.29, 1.82) is 0 Å². The van der Waals surface area contributed by atoms with Gasteiger partial charge in [-0.1, -0.05) is 25.1 Å². The van der Waals surface area contributed by atoms with E-state index in [0.717, 1.165) is 11.3 Å². The number of aromatic nitrogens is 1. The molecule has 1 aromatic heterocycles. The Bertz CT molecular complexity index is 708. The van der Waals surface area contributed by atoms with Crippen LogP contribution >= 0.6 is 0 Å². The number of carbonyl (C=O) groups is 1. The lowest BCUT2D eigenvalue weighted by Gasteiger charge is -2.25. The van der Waals surface area contributed by atoms with Crippen LogP contribution in [0.5, 0.6) is 11.5 Å². The van der Waals surface area contributed by atoms with E-state index in [1.54, 1.807) is 13.0 Å². The van der Waals surface area contributed by atoms with Gasteiger partial charge in [0.25, 0.3) is 5.91 Å². The maximum atomic E-state index is 12.3. The molecule has 0 saturated carbocycles. The summed E-state index contributed by atoms with van der Waals surface area (Å²) in [5.74, 6) is 1.58. The van der Waals surface area contributed by atoms with Gasteiger partial charge in [-0.3, -0.25) is 4.79 Å². The van der Waals surface area contributed by atoms with Crippen LogP contribution < -0.4 is 14.8 Å². The summed E-state index contributed by atoms with van der Waals surface area (Å²) in [6.45, 7) is 6.97. The second-order valence-electron chi connectivity index (χ2n) is 5.93. The summed E-state index contributed by atoms with van der Waals surface area (Å²) in [5, 5.41) is 6.75. The van der Waals surface area contributed by atoms with Gasteiger partial charge >= 0.3 is 0 Å². The van der Waals surface area contributed by atoms with E-state index in [2.05, 4.69) is 10.5 Å². The van der Waals surface area contributed by atoms with Crippen LogP contribution in [0.4, 0.5) is 0 Å². The second kappa shape index (κ2) is 6.32. The molecule has 6 nitrogen and oxygen atoms in total. The van der Waals surface area contributed by atoms with Gasteiger partial charge in [-0.15, -0.1) is 0 Å². The minimum atomic E-state index is -0.279. The number of fused-ring (bicyclic) bond motifs is 1. The van der Waals surface area contributed by atoms with Gasteiger partial charge in [0.1, 0.15) is 13.2 Å². The number of amides is 1. The summed E-state index contributed by atoms with van der Waals surface area (Å²) in [6, 6.07) is 7.21. The molecule has 0 spiro atoms. The molecular formula is C17H20N2O4. The maximum Gasteiger partial charge on any atom is 0.290 e. The average Bonchev–Trinajstić information content (AvgIpc) is 2.98. The molecule has 0 unspecified atom stereocenters. The van der Waals surface area contributed by atoms with Gasteiger partial charge in [-0.2, -0.15) is 0 Å². The Labute approximate surface area is 134 Å². The lowest BCUT2D eigenvalue weighted by molar-refractivity contribution is 0.0888. The summed E-state index contributed by atoms with van der Waals surface area (Å²) in [5.41, 5.74) is 1.64. The normalized spacial score (nSPS) is 14.6. The number of benzene rings is 1. The molecular weight excluding hydrogens is 296 g/mol. The zero-order chi connectivity index (χ0) is 16.4. The van der Waals surface area contributed by atoms with Crippen LogP contribution in [0.1, 0.15) is 41.7 Å². The molecule has 1 amide bonds. The monoisotopic (exact) mass is 316 g/mol. The molecule has 122 valence electrons. The largest absolute Gasteiger partial charge is 0.486 e. The maximum absolute atomic E-state index is 12.3. The van der Waals surface area contributed by atoms with Crippen molar-refractivity contribution in [2.75, 3.05) is 13.2 Å². The van der Waals surface area contributed by atoms with Gasteiger partial charge in [0.15, 0.2) is 11.5 Å². The Morgan fingerprint density at radius 3 is 2.57 bits per heavy atom. The zero-order valence-electron chi connectivity index (χ0n) is 13.5. The molecule has 2 aromatic rings. The van der Waals surface area contributed by atoms with Crippen LogP contribution in [-0.4, -0.2) is 24.3 Å². The summed E-state index contributed by atoms with van der Waals surface area (Å²) in [7, 11) is 0. The Morgan fingerprint density at radius 2 is 1.91 bits per heavy atom. The van der Waals surface area contributed by atoms with Crippen molar-refractivity contribution in [2.24, 2.45) is 5.92 Å². The number of nitrogens with one attached hydrogen (secondary N) is 1. The van der Waals surface area contributed by atoms with Crippen LogP contribution in [0, 0.1) is 12.8 Å². The summed E-state index contributed by atoms with van der Waals surface area (Å²) < 4.78 is 16.2. The number of ether oxygens (including phenoxy) is 2. The Kier molecular flexibility index (Phi) is 4.23. The van der Waals surface area contributed by atoms with Gasteiger partial charge in [-0.25, -0.2) is 0 Å². The predicted octanol–water partition coefficient (Wildman–Crippen LogP) is 2.88. The summed E-state index contributed by atoms with van der Waals surface area (Å²) in [6.07, 6.45) is 0. The van der Waals surface area contributed by atoms with E-state index in [1.165, 1.54) is 0 Å². The predicted molar refractivity (Wildman–Crippen MR) is 83.7 cm³/mol. The van der Waals surface area contributed by atoms with E-state index < -0.39 is 0 Å². The number of hydrogen-bond acceptors (Lipinski definition) is 5. The van der Waals surface area contributed by atoms with Crippen LogP contribution in [0.3, 0.4) is 0 Å². The first-order chi connectivity index (χ1) is 11.0. The van der Waals surface area contributed by atoms with Crippen molar-refractivity contribution in [2.45, 2.75) is 26.8 Å². The highest BCUT2D eigenvalue weighted by Crippen LogP contribution is 2.34. The van der Waals surface area contributed by atoms with Crippen molar-refractivity contribution in [3.63, 3.8) is 0 Å². The van der Waals surface area contributed by atoms with Gasteiger partial charge in [-0.05, 0) is 30.5 Å². The van der Waals surface area contributed by atoms with Gasteiger partial charge in [0.05, 0.1) is 11.7 Å². The molecule has 1 atom stereocenters. The smallest absolute Gasteiger partial charge is 0.290 e. The Balaban J connectivity index is 1.82. The Hall–Kier alpha value is -2.50. The van der Waals surface area contributed by atoms with Crippen molar-refractivity contribution >= 4 is 5.91 Å². The van der Waals surface area contributed by atoms with E-state index in [1.807, 2.05) is 32.0 Å². The lowest BCUT2D eigenvalue weighted by Crippen LogP contribution is -2.31. The molecule has 1 aromatic carbocycles. The number of aryl methyl sites for hydroxylation is 1. The number of carbonyl (C=O) groups excluding carboxylic acids is 1. The molecule has 0 fully saturated rings. The minimum Gasteiger partial charge on any atom is -0.486 e. The van der Waals surface area contributed by atoms with E-state index in [-0.39, 0.29) is 23.6 Å². The molecule has 0 bridgehead atoms. The lowest BCUT2D eigenvalue weighted by atomic mass is 9.95. The molecule has 0 saturated heterocycles.